The Bertz CT molecular complexity index is 603. The van der Waals surface area contributed by atoms with E-state index in [0.717, 1.165) is 17.7 Å². The van der Waals surface area contributed by atoms with E-state index in [1.54, 1.807) is 18.5 Å². The molecule has 0 bridgehead atoms. The standard InChI is InChI=1S/C14H14FN3O/c1-9-7-16-8-13(17-9)18-12-5-6-19-14-10(12)3-2-4-11(14)15/h2-4,7-8,12H,5-6H2,1H3,(H,17,18)/t12-/m0/s1. The van der Waals surface area contributed by atoms with Gasteiger partial charge in [0, 0.05) is 18.2 Å². The van der Waals surface area contributed by atoms with Crippen LogP contribution in [0.4, 0.5) is 10.2 Å². The third-order valence-electron chi connectivity index (χ3n) is 3.10. The number of aryl methyl sites for hydroxylation is 1. The SMILES string of the molecule is Cc1cncc(N[C@H]2CCOc3c(F)cccc32)n1. The van der Waals surface area contributed by atoms with Crippen LogP contribution in [0, 0.1) is 12.7 Å². The molecule has 0 amide bonds. The number of hydrogen-bond acceptors (Lipinski definition) is 4. The van der Waals surface area contributed by atoms with Crippen LogP contribution in [-0.4, -0.2) is 16.6 Å². The average Bonchev–Trinajstić information content (AvgIpc) is 2.40. The zero-order valence-corrected chi connectivity index (χ0v) is 10.6. The van der Waals surface area contributed by atoms with Gasteiger partial charge in [-0.15, -0.1) is 0 Å². The second-order valence-corrected chi connectivity index (χ2v) is 4.54. The van der Waals surface area contributed by atoms with Crippen molar-refractivity contribution in [2.24, 2.45) is 0 Å². The Hall–Kier alpha value is -2.17. The van der Waals surface area contributed by atoms with E-state index < -0.39 is 0 Å². The monoisotopic (exact) mass is 259 g/mol. The molecule has 2 heterocycles. The first-order chi connectivity index (χ1) is 9.24. The van der Waals surface area contributed by atoms with E-state index in [4.69, 9.17) is 4.74 Å². The minimum atomic E-state index is -0.320. The van der Waals surface area contributed by atoms with Crippen molar-refractivity contribution in [3.8, 4) is 5.75 Å². The topological polar surface area (TPSA) is 47.0 Å². The summed E-state index contributed by atoms with van der Waals surface area (Å²) < 4.78 is 19.1. The van der Waals surface area contributed by atoms with Gasteiger partial charge in [-0.3, -0.25) is 4.98 Å². The highest BCUT2D eigenvalue weighted by molar-refractivity contribution is 5.44. The Morgan fingerprint density at radius 2 is 2.26 bits per heavy atom. The second-order valence-electron chi connectivity index (χ2n) is 4.54. The van der Waals surface area contributed by atoms with Gasteiger partial charge in [-0.1, -0.05) is 12.1 Å². The van der Waals surface area contributed by atoms with Crippen LogP contribution in [0.25, 0.3) is 0 Å². The lowest BCUT2D eigenvalue weighted by Crippen LogP contribution is -2.21. The molecule has 0 fully saturated rings. The third-order valence-corrected chi connectivity index (χ3v) is 3.10. The van der Waals surface area contributed by atoms with Crippen LogP contribution in [0.15, 0.2) is 30.6 Å². The molecule has 0 spiro atoms. The molecule has 1 atom stereocenters. The van der Waals surface area contributed by atoms with E-state index in [2.05, 4.69) is 15.3 Å². The van der Waals surface area contributed by atoms with Crippen LogP contribution in [0.1, 0.15) is 23.7 Å². The molecule has 0 aliphatic carbocycles. The predicted molar refractivity (Wildman–Crippen MR) is 69.6 cm³/mol. The van der Waals surface area contributed by atoms with E-state index >= 15 is 0 Å². The van der Waals surface area contributed by atoms with Gasteiger partial charge in [0.15, 0.2) is 11.6 Å². The number of halogens is 1. The lowest BCUT2D eigenvalue weighted by Gasteiger charge is -2.27. The molecule has 1 N–H and O–H groups in total. The zero-order chi connectivity index (χ0) is 13.2. The Labute approximate surface area is 110 Å². The molecular weight excluding hydrogens is 245 g/mol. The Kier molecular flexibility index (Phi) is 3.03. The normalized spacial score (nSPS) is 17.5. The van der Waals surface area contributed by atoms with Crippen LogP contribution in [0.3, 0.4) is 0 Å². The number of benzene rings is 1. The highest BCUT2D eigenvalue weighted by Gasteiger charge is 2.24. The summed E-state index contributed by atoms with van der Waals surface area (Å²) in [5.41, 5.74) is 1.67. The Morgan fingerprint density at radius 1 is 1.37 bits per heavy atom. The minimum Gasteiger partial charge on any atom is -0.490 e. The maximum absolute atomic E-state index is 13.7. The van der Waals surface area contributed by atoms with E-state index in [1.165, 1.54) is 6.07 Å². The van der Waals surface area contributed by atoms with Gasteiger partial charge in [-0.25, -0.2) is 9.37 Å². The molecule has 3 rings (SSSR count). The fourth-order valence-electron chi connectivity index (χ4n) is 2.25. The fourth-order valence-corrected chi connectivity index (χ4v) is 2.25. The number of ether oxygens (including phenoxy) is 1. The second kappa shape index (κ2) is 4.84. The third kappa shape index (κ3) is 2.36. The van der Waals surface area contributed by atoms with E-state index in [1.807, 2.05) is 13.0 Å². The molecule has 1 aliphatic rings. The van der Waals surface area contributed by atoms with Crippen molar-refractivity contribution in [2.75, 3.05) is 11.9 Å². The minimum absolute atomic E-state index is 0.00412. The molecule has 2 aromatic rings. The van der Waals surface area contributed by atoms with Crippen LogP contribution in [0.2, 0.25) is 0 Å². The molecule has 19 heavy (non-hydrogen) atoms. The Morgan fingerprint density at radius 3 is 3.11 bits per heavy atom. The van der Waals surface area contributed by atoms with E-state index in [0.29, 0.717) is 18.2 Å². The van der Waals surface area contributed by atoms with Crippen molar-refractivity contribution in [3.63, 3.8) is 0 Å². The van der Waals surface area contributed by atoms with Gasteiger partial charge in [-0.2, -0.15) is 0 Å². The summed E-state index contributed by atoms with van der Waals surface area (Å²) in [6, 6.07) is 4.97. The number of aromatic nitrogens is 2. The first-order valence-electron chi connectivity index (χ1n) is 6.20. The molecule has 0 saturated carbocycles. The number of hydrogen-bond donors (Lipinski definition) is 1. The van der Waals surface area contributed by atoms with Gasteiger partial charge in [0.1, 0.15) is 5.82 Å². The van der Waals surface area contributed by atoms with Crippen molar-refractivity contribution in [1.29, 1.82) is 0 Å². The first kappa shape index (κ1) is 11.9. The highest BCUT2D eigenvalue weighted by Crippen LogP contribution is 2.35. The zero-order valence-electron chi connectivity index (χ0n) is 10.6. The van der Waals surface area contributed by atoms with Crippen molar-refractivity contribution in [2.45, 2.75) is 19.4 Å². The van der Waals surface area contributed by atoms with Crippen LogP contribution in [0.5, 0.6) is 5.75 Å². The molecule has 0 unspecified atom stereocenters. The number of nitrogens with zero attached hydrogens (tertiary/aromatic N) is 2. The summed E-state index contributed by atoms with van der Waals surface area (Å²) in [4.78, 5) is 8.45. The number of nitrogens with one attached hydrogen (secondary N) is 1. The molecule has 1 aromatic carbocycles. The molecule has 1 aliphatic heterocycles. The lowest BCUT2D eigenvalue weighted by molar-refractivity contribution is 0.260. The van der Waals surface area contributed by atoms with Crippen LogP contribution >= 0.6 is 0 Å². The van der Waals surface area contributed by atoms with Gasteiger partial charge in [0.2, 0.25) is 0 Å². The number of fused-ring (bicyclic) bond motifs is 1. The maximum atomic E-state index is 13.7. The molecule has 0 radical (unpaired) electrons. The molecular formula is C14H14FN3O. The fraction of sp³-hybridized carbons (Fsp3) is 0.286. The summed E-state index contributed by atoms with van der Waals surface area (Å²) >= 11 is 0. The summed E-state index contributed by atoms with van der Waals surface area (Å²) in [5, 5.41) is 3.28. The first-order valence-corrected chi connectivity index (χ1v) is 6.20. The van der Waals surface area contributed by atoms with Gasteiger partial charge in [0.05, 0.1) is 24.5 Å². The van der Waals surface area contributed by atoms with Crippen LogP contribution in [-0.2, 0) is 0 Å². The molecule has 98 valence electrons. The van der Waals surface area contributed by atoms with Gasteiger partial charge in [-0.05, 0) is 13.0 Å². The smallest absolute Gasteiger partial charge is 0.165 e. The van der Waals surface area contributed by atoms with Crippen molar-refractivity contribution in [3.05, 3.63) is 47.7 Å². The van der Waals surface area contributed by atoms with Crippen molar-refractivity contribution >= 4 is 5.82 Å². The quantitative estimate of drug-likeness (QED) is 0.900. The average molecular weight is 259 g/mol. The van der Waals surface area contributed by atoms with Crippen molar-refractivity contribution < 1.29 is 9.13 Å². The molecule has 5 heteroatoms. The molecule has 4 nitrogen and oxygen atoms in total. The number of para-hydroxylation sites is 1. The van der Waals surface area contributed by atoms with E-state index in [-0.39, 0.29) is 11.9 Å². The highest BCUT2D eigenvalue weighted by atomic mass is 19.1. The summed E-state index contributed by atoms with van der Waals surface area (Å²) in [6.07, 6.45) is 4.14. The lowest BCUT2D eigenvalue weighted by atomic mass is 10.0. The summed E-state index contributed by atoms with van der Waals surface area (Å²) in [5.74, 6) is 0.716. The number of anilines is 1. The molecule has 1 aromatic heterocycles. The molecule has 0 saturated heterocycles. The number of rotatable bonds is 2. The van der Waals surface area contributed by atoms with E-state index in [9.17, 15) is 4.39 Å². The van der Waals surface area contributed by atoms with Crippen LogP contribution < -0.4 is 10.1 Å². The van der Waals surface area contributed by atoms with Gasteiger partial charge < -0.3 is 10.1 Å². The van der Waals surface area contributed by atoms with Gasteiger partial charge >= 0.3 is 0 Å². The maximum Gasteiger partial charge on any atom is 0.165 e. The Balaban J connectivity index is 1.90. The van der Waals surface area contributed by atoms with Gasteiger partial charge in [0.25, 0.3) is 0 Å². The summed E-state index contributed by atoms with van der Waals surface area (Å²) in [6.45, 7) is 2.38. The largest absolute Gasteiger partial charge is 0.490 e. The predicted octanol–water partition coefficient (Wildman–Crippen LogP) is 2.86. The van der Waals surface area contributed by atoms with Crippen molar-refractivity contribution in [1.82, 2.24) is 9.97 Å². The summed E-state index contributed by atoms with van der Waals surface area (Å²) in [7, 11) is 0.